The summed E-state index contributed by atoms with van der Waals surface area (Å²) in [7, 11) is 0. The third-order valence-electron chi connectivity index (χ3n) is 3.64. The fraction of sp³-hybridized carbons (Fsp3) is 0.105. The second-order valence-electron chi connectivity index (χ2n) is 5.50. The molecule has 0 aliphatic rings. The Hall–Kier alpha value is -2.92. The van der Waals surface area contributed by atoms with Crippen molar-refractivity contribution in [1.29, 1.82) is 0 Å². The lowest BCUT2D eigenvalue weighted by Crippen LogP contribution is -2.27. The van der Waals surface area contributed by atoms with Gasteiger partial charge in [-0.15, -0.1) is 0 Å². The maximum Gasteiger partial charge on any atom is 0.270 e. The summed E-state index contributed by atoms with van der Waals surface area (Å²) in [4.78, 5) is 20.8. The molecule has 1 aromatic heterocycles. The third kappa shape index (κ3) is 4.55. The van der Waals surface area contributed by atoms with Crippen molar-refractivity contribution in [2.75, 3.05) is 5.32 Å². The third-order valence-corrected chi connectivity index (χ3v) is 3.89. The van der Waals surface area contributed by atoms with Crippen LogP contribution in [0.2, 0.25) is 5.02 Å². The highest BCUT2D eigenvalue weighted by Crippen LogP contribution is 2.17. The molecule has 0 aliphatic heterocycles. The van der Waals surface area contributed by atoms with E-state index in [1.165, 1.54) is 0 Å². The van der Waals surface area contributed by atoms with Gasteiger partial charge in [0.25, 0.3) is 5.91 Å². The maximum atomic E-state index is 12.4. The number of halogens is 1. The SMILES string of the molecule is CC(NC(=O)c1ccnc(Nc2ccc(Cl)cc2)n1)c1ccccc1. The van der Waals surface area contributed by atoms with Crippen molar-refractivity contribution in [3.05, 3.63) is 83.1 Å². The number of benzene rings is 2. The highest BCUT2D eigenvalue weighted by Gasteiger charge is 2.13. The Balaban J connectivity index is 1.70. The average Bonchev–Trinajstić information content (AvgIpc) is 2.64. The average molecular weight is 353 g/mol. The van der Waals surface area contributed by atoms with Crippen molar-refractivity contribution in [1.82, 2.24) is 15.3 Å². The zero-order valence-electron chi connectivity index (χ0n) is 13.6. The van der Waals surface area contributed by atoms with Crippen LogP contribution in [0.5, 0.6) is 0 Å². The van der Waals surface area contributed by atoms with Crippen molar-refractivity contribution in [3.63, 3.8) is 0 Å². The number of carbonyl (C=O) groups is 1. The molecule has 126 valence electrons. The summed E-state index contributed by atoms with van der Waals surface area (Å²) in [6.07, 6.45) is 1.55. The first-order valence-corrected chi connectivity index (χ1v) is 8.21. The van der Waals surface area contributed by atoms with Crippen LogP contribution in [0.4, 0.5) is 11.6 Å². The molecule has 1 unspecified atom stereocenters. The van der Waals surface area contributed by atoms with Gasteiger partial charge in [0.1, 0.15) is 5.69 Å². The smallest absolute Gasteiger partial charge is 0.270 e. The number of rotatable bonds is 5. The number of hydrogen-bond acceptors (Lipinski definition) is 4. The van der Waals surface area contributed by atoms with Gasteiger partial charge in [-0.25, -0.2) is 9.97 Å². The van der Waals surface area contributed by atoms with E-state index in [0.29, 0.717) is 16.7 Å². The van der Waals surface area contributed by atoms with E-state index in [4.69, 9.17) is 11.6 Å². The van der Waals surface area contributed by atoms with E-state index in [1.807, 2.05) is 49.4 Å². The summed E-state index contributed by atoms with van der Waals surface area (Å²) in [6.45, 7) is 1.93. The molecule has 3 rings (SSSR count). The number of carbonyl (C=O) groups excluding carboxylic acids is 1. The minimum Gasteiger partial charge on any atom is -0.344 e. The first-order valence-electron chi connectivity index (χ1n) is 7.83. The summed E-state index contributed by atoms with van der Waals surface area (Å²) >= 11 is 5.87. The second kappa shape index (κ2) is 7.77. The molecule has 1 amide bonds. The van der Waals surface area contributed by atoms with Gasteiger partial charge in [0, 0.05) is 16.9 Å². The first-order chi connectivity index (χ1) is 12.1. The monoisotopic (exact) mass is 352 g/mol. The Morgan fingerprint density at radius 3 is 2.48 bits per heavy atom. The van der Waals surface area contributed by atoms with Gasteiger partial charge in [-0.3, -0.25) is 4.79 Å². The molecule has 0 radical (unpaired) electrons. The quantitative estimate of drug-likeness (QED) is 0.715. The lowest BCUT2D eigenvalue weighted by atomic mass is 10.1. The number of amides is 1. The zero-order chi connectivity index (χ0) is 17.6. The van der Waals surface area contributed by atoms with E-state index in [1.54, 1.807) is 24.4 Å². The predicted octanol–water partition coefficient (Wildman–Crippen LogP) is 4.36. The summed E-state index contributed by atoms with van der Waals surface area (Å²) in [5, 5.41) is 6.63. The molecule has 25 heavy (non-hydrogen) atoms. The largest absolute Gasteiger partial charge is 0.344 e. The molecule has 1 heterocycles. The second-order valence-corrected chi connectivity index (χ2v) is 5.94. The van der Waals surface area contributed by atoms with Gasteiger partial charge in [-0.1, -0.05) is 41.9 Å². The number of hydrogen-bond donors (Lipinski definition) is 2. The number of nitrogens with zero attached hydrogens (tertiary/aromatic N) is 2. The lowest BCUT2D eigenvalue weighted by Gasteiger charge is -2.14. The number of aromatic nitrogens is 2. The Kier molecular flexibility index (Phi) is 5.26. The summed E-state index contributed by atoms with van der Waals surface area (Å²) in [5.41, 5.74) is 2.12. The maximum absolute atomic E-state index is 12.4. The number of nitrogens with one attached hydrogen (secondary N) is 2. The molecule has 0 bridgehead atoms. The fourth-order valence-electron chi connectivity index (χ4n) is 2.30. The lowest BCUT2D eigenvalue weighted by molar-refractivity contribution is 0.0935. The van der Waals surface area contributed by atoms with Crippen LogP contribution in [0.1, 0.15) is 29.0 Å². The Labute approximate surface area is 151 Å². The standard InChI is InChI=1S/C19H17ClN4O/c1-13(14-5-3-2-4-6-14)22-18(25)17-11-12-21-19(24-17)23-16-9-7-15(20)8-10-16/h2-13H,1H3,(H,22,25)(H,21,23,24). The molecule has 2 aromatic carbocycles. The van der Waals surface area contributed by atoms with Gasteiger partial charge in [0.05, 0.1) is 6.04 Å². The Morgan fingerprint density at radius 1 is 1.04 bits per heavy atom. The molecule has 0 spiro atoms. The fourth-order valence-corrected chi connectivity index (χ4v) is 2.43. The summed E-state index contributed by atoms with van der Waals surface area (Å²) < 4.78 is 0. The van der Waals surface area contributed by atoms with Gasteiger partial charge in [0.15, 0.2) is 0 Å². The summed E-state index contributed by atoms with van der Waals surface area (Å²) in [5.74, 6) is 0.0974. The molecule has 3 aromatic rings. The number of anilines is 2. The van der Waals surface area contributed by atoms with Crippen molar-refractivity contribution in [2.45, 2.75) is 13.0 Å². The van der Waals surface area contributed by atoms with E-state index in [9.17, 15) is 4.79 Å². The molecule has 2 N–H and O–H groups in total. The molecule has 0 saturated heterocycles. The van der Waals surface area contributed by atoms with Gasteiger partial charge in [-0.05, 0) is 42.8 Å². The molecule has 5 nitrogen and oxygen atoms in total. The zero-order valence-corrected chi connectivity index (χ0v) is 14.4. The van der Waals surface area contributed by atoms with E-state index >= 15 is 0 Å². The molecule has 1 atom stereocenters. The van der Waals surface area contributed by atoms with Gasteiger partial charge < -0.3 is 10.6 Å². The van der Waals surface area contributed by atoms with E-state index in [-0.39, 0.29) is 11.9 Å². The van der Waals surface area contributed by atoms with Crippen molar-refractivity contribution in [3.8, 4) is 0 Å². The Morgan fingerprint density at radius 2 is 1.76 bits per heavy atom. The van der Waals surface area contributed by atoms with E-state index < -0.39 is 0 Å². The molecular weight excluding hydrogens is 336 g/mol. The predicted molar refractivity (Wildman–Crippen MR) is 99.1 cm³/mol. The van der Waals surface area contributed by atoms with Crippen LogP contribution in [0, 0.1) is 0 Å². The van der Waals surface area contributed by atoms with E-state index in [0.717, 1.165) is 11.3 Å². The molecule has 0 saturated carbocycles. The summed E-state index contributed by atoms with van der Waals surface area (Å²) in [6, 6.07) is 18.4. The molecular formula is C19H17ClN4O. The van der Waals surface area contributed by atoms with Crippen LogP contribution in [0.25, 0.3) is 0 Å². The van der Waals surface area contributed by atoms with Crippen LogP contribution in [-0.4, -0.2) is 15.9 Å². The van der Waals surface area contributed by atoms with Crippen LogP contribution in [-0.2, 0) is 0 Å². The van der Waals surface area contributed by atoms with Gasteiger partial charge in [0.2, 0.25) is 5.95 Å². The molecule has 0 aliphatic carbocycles. The Bertz CT molecular complexity index is 853. The minimum absolute atomic E-state index is 0.115. The van der Waals surface area contributed by atoms with Crippen LogP contribution < -0.4 is 10.6 Å². The van der Waals surface area contributed by atoms with E-state index in [2.05, 4.69) is 20.6 Å². The van der Waals surface area contributed by atoms with Crippen molar-refractivity contribution < 1.29 is 4.79 Å². The molecule has 6 heteroatoms. The first kappa shape index (κ1) is 16.9. The normalized spacial score (nSPS) is 11.6. The van der Waals surface area contributed by atoms with Crippen LogP contribution in [0.15, 0.2) is 66.9 Å². The van der Waals surface area contributed by atoms with Gasteiger partial charge >= 0.3 is 0 Å². The van der Waals surface area contributed by atoms with Crippen molar-refractivity contribution in [2.24, 2.45) is 0 Å². The van der Waals surface area contributed by atoms with Gasteiger partial charge in [-0.2, -0.15) is 0 Å². The minimum atomic E-state index is -0.252. The molecule has 0 fully saturated rings. The van der Waals surface area contributed by atoms with Crippen molar-refractivity contribution >= 4 is 29.1 Å². The highest BCUT2D eigenvalue weighted by molar-refractivity contribution is 6.30. The highest BCUT2D eigenvalue weighted by atomic mass is 35.5. The van der Waals surface area contributed by atoms with Crippen LogP contribution >= 0.6 is 11.6 Å². The van der Waals surface area contributed by atoms with Crippen LogP contribution in [0.3, 0.4) is 0 Å². The topological polar surface area (TPSA) is 66.9 Å².